The van der Waals surface area contributed by atoms with E-state index in [-0.39, 0.29) is 10.9 Å². The van der Waals surface area contributed by atoms with Crippen LogP contribution in [0.1, 0.15) is 18.9 Å². The molecule has 0 unspecified atom stereocenters. The molecule has 2 aromatic rings. The zero-order chi connectivity index (χ0) is 13.0. The van der Waals surface area contributed by atoms with Crippen LogP contribution in [-0.2, 0) is 6.54 Å². The van der Waals surface area contributed by atoms with E-state index in [1.165, 1.54) is 12.3 Å². The average Bonchev–Trinajstić information content (AvgIpc) is 2.80. The Morgan fingerprint density at radius 2 is 2.39 bits per heavy atom. The van der Waals surface area contributed by atoms with E-state index in [0.29, 0.717) is 11.3 Å². The molecule has 0 saturated carbocycles. The monoisotopic (exact) mass is 262 g/mol. The van der Waals surface area contributed by atoms with Crippen molar-refractivity contribution in [2.75, 3.05) is 0 Å². The second-order valence-electron chi connectivity index (χ2n) is 3.63. The molecule has 0 N–H and O–H groups in total. The molecule has 0 saturated heterocycles. The summed E-state index contributed by atoms with van der Waals surface area (Å²) in [5, 5.41) is 13.2. The molecule has 2 aromatic heterocycles. The standard InChI is InChI=1S/C12H11ClN4O/c1-2-5-17-8-10(7-16-17)18-12-11(13)9(6-14)3-4-15-12/h3-4,7-8H,2,5H2,1H3. The number of aromatic nitrogens is 3. The van der Waals surface area contributed by atoms with E-state index in [1.54, 1.807) is 17.1 Å². The van der Waals surface area contributed by atoms with Crippen molar-refractivity contribution in [3.05, 3.63) is 35.2 Å². The number of nitriles is 1. The van der Waals surface area contributed by atoms with Gasteiger partial charge in [0.15, 0.2) is 5.75 Å². The second kappa shape index (κ2) is 5.52. The summed E-state index contributed by atoms with van der Waals surface area (Å²) in [4.78, 5) is 4.00. The summed E-state index contributed by atoms with van der Waals surface area (Å²) in [7, 11) is 0. The summed E-state index contributed by atoms with van der Waals surface area (Å²) in [5.41, 5.74) is 0.336. The zero-order valence-corrected chi connectivity index (χ0v) is 10.6. The van der Waals surface area contributed by atoms with Crippen LogP contribution in [0.15, 0.2) is 24.7 Å². The third-order valence-electron chi connectivity index (χ3n) is 2.25. The molecule has 0 aliphatic rings. The van der Waals surface area contributed by atoms with E-state index in [9.17, 15) is 0 Å². The van der Waals surface area contributed by atoms with Gasteiger partial charge in [-0.2, -0.15) is 10.4 Å². The average molecular weight is 263 g/mol. The smallest absolute Gasteiger partial charge is 0.239 e. The molecule has 6 heteroatoms. The zero-order valence-electron chi connectivity index (χ0n) is 9.80. The highest BCUT2D eigenvalue weighted by atomic mass is 35.5. The van der Waals surface area contributed by atoms with Crippen LogP contribution in [0.5, 0.6) is 11.6 Å². The summed E-state index contributed by atoms with van der Waals surface area (Å²) in [6.07, 6.45) is 5.83. The first kappa shape index (κ1) is 12.4. The Hall–Kier alpha value is -2.06. The Labute approximate surface area is 110 Å². The van der Waals surface area contributed by atoms with Gasteiger partial charge < -0.3 is 4.74 Å². The molecular formula is C12H11ClN4O. The van der Waals surface area contributed by atoms with Gasteiger partial charge in [-0.15, -0.1) is 0 Å². The molecule has 0 aromatic carbocycles. The van der Waals surface area contributed by atoms with Crippen LogP contribution in [0.4, 0.5) is 0 Å². The molecule has 2 heterocycles. The fourth-order valence-corrected chi connectivity index (χ4v) is 1.63. The highest BCUT2D eigenvalue weighted by Gasteiger charge is 2.10. The number of hydrogen-bond donors (Lipinski definition) is 0. The molecule has 0 atom stereocenters. The van der Waals surface area contributed by atoms with Crippen molar-refractivity contribution in [1.29, 1.82) is 5.26 Å². The first-order chi connectivity index (χ1) is 8.74. The predicted molar refractivity (Wildman–Crippen MR) is 66.6 cm³/mol. The summed E-state index contributed by atoms with van der Waals surface area (Å²) >= 11 is 5.99. The Kier molecular flexibility index (Phi) is 3.80. The molecule has 0 amide bonds. The number of ether oxygens (including phenoxy) is 1. The van der Waals surface area contributed by atoms with Gasteiger partial charge in [-0.1, -0.05) is 18.5 Å². The van der Waals surface area contributed by atoms with Crippen molar-refractivity contribution < 1.29 is 4.74 Å². The highest BCUT2D eigenvalue weighted by Crippen LogP contribution is 2.29. The molecular weight excluding hydrogens is 252 g/mol. The van der Waals surface area contributed by atoms with Gasteiger partial charge in [0.05, 0.1) is 18.0 Å². The lowest BCUT2D eigenvalue weighted by molar-refractivity contribution is 0.461. The second-order valence-corrected chi connectivity index (χ2v) is 4.01. The fourth-order valence-electron chi connectivity index (χ4n) is 1.44. The van der Waals surface area contributed by atoms with Crippen molar-refractivity contribution in [2.24, 2.45) is 0 Å². The molecule has 0 fully saturated rings. The summed E-state index contributed by atoms with van der Waals surface area (Å²) < 4.78 is 7.28. The van der Waals surface area contributed by atoms with Crippen LogP contribution in [0.3, 0.4) is 0 Å². The van der Waals surface area contributed by atoms with Crippen LogP contribution in [0, 0.1) is 11.3 Å². The number of rotatable bonds is 4. The van der Waals surface area contributed by atoms with Gasteiger partial charge in [0.2, 0.25) is 5.88 Å². The first-order valence-electron chi connectivity index (χ1n) is 5.49. The molecule has 0 aliphatic carbocycles. The Morgan fingerprint density at radius 3 is 3.11 bits per heavy atom. The Balaban J connectivity index is 2.21. The summed E-state index contributed by atoms with van der Waals surface area (Å²) in [6, 6.07) is 3.51. The lowest BCUT2D eigenvalue weighted by Crippen LogP contribution is -1.95. The van der Waals surface area contributed by atoms with Crippen molar-refractivity contribution in [3.8, 4) is 17.7 Å². The minimum atomic E-state index is 0.211. The van der Waals surface area contributed by atoms with Gasteiger partial charge in [-0.25, -0.2) is 4.98 Å². The lowest BCUT2D eigenvalue weighted by Gasteiger charge is -2.04. The Morgan fingerprint density at radius 1 is 1.56 bits per heavy atom. The summed E-state index contributed by atoms with van der Waals surface area (Å²) in [6.45, 7) is 2.89. The van der Waals surface area contributed by atoms with Crippen molar-refractivity contribution in [1.82, 2.24) is 14.8 Å². The van der Waals surface area contributed by atoms with Crippen LogP contribution in [-0.4, -0.2) is 14.8 Å². The lowest BCUT2D eigenvalue weighted by atomic mass is 10.3. The molecule has 0 spiro atoms. The molecule has 0 radical (unpaired) electrons. The number of aryl methyl sites for hydroxylation is 1. The minimum Gasteiger partial charge on any atom is -0.434 e. The van der Waals surface area contributed by atoms with Crippen LogP contribution >= 0.6 is 11.6 Å². The maximum Gasteiger partial charge on any atom is 0.239 e. The molecule has 18 heavy (non-hydrogen) atoms. The molecule has 92 valence electrons. The Bertz CT molecular complexity index is 588. The SMILES string of the molecule is CCCn1cc(Oc2nccc(C#N)c2Cl)cn1. The van der Waals surface area contributed by atoms with E-state index in [1.807, 2.05) is 6.07 Å². The van der Waals surface area contributed by atoms with Gasteiger partial charge in [-0.05, 0) is 12.5 Å². The first-order valence-corrected chi connectivity index (χ1v) is 5.87. The van der Waals surface area contributed by atoms with Crippen LogP contribution in [0.25, 0.3) is 0 Å². The third-order valence-corrected chi connectivity index (χ3v) is 2.62. The normalized spacial score (nSPS) is 10.1. The topological polar surface area (TPSA) is 63.7 Å². The molecule has 0 aliphatic heterocycles. The summed E-state index contributed by atoms with van der Waals surface area (Å²) in [5.74, 6) is 0.764. The van der Waals surface area contributed by atoms with Crippen molar-refractivity contribution >= 4 is 11.6 Å². The van der Waals surface area contributed by atoms with Crippen LogP contribution < -0.4 is 4.74 Å². The largest absolute Gasteiger partial charge is 0.434 e. The number of hydrogen-bond acceptors (Lipinski definition) is 4. The van der Waals surface area contributed by atoms with E-state index in [2.05, 4.69) is 17.0 Å². The van der Waals surface area contributed by atoms with Crippen molar-refractivity contribution in [2.45, 2.75) is 19.9 Å². The maximum atomic E-state index is 8.85. The maximum absolute atomic E-state index is 8.85. The van der Waals surface area contributed by atoms with Crippen molar-refractivity contribution in [3.63, 3.8) is 0 Å². The molecule has 2 rings (SSSR count). The minimum absolute atomic E-state index is 0.211. The molecule has 5 nitrogen and oxygen atoms in total. The van der Waals surface area contributed by atoms with Crippen LogP contribution in [0.2, 0.25) is 5.02 Å². The highest BCUT2D eigenvalue weighted by molar-refractivity contribution is 6.33. The van der Waals surface area contributed by atoms with Gasteiger partial charge in [0.25, 0.3) is 0 Å². The van der Waals surface area contributed by atoms with Gasteiger partial charge >= 0.3 is 0 Å². The predicted octanol–water partition coefficient (Wildman–Crippen LogP) is 3.01. The number of pyridine rings is 1. The van der Waals surface area contributed by atoms with E-state index in [0.717, 1.165) is 13.0 Å². The van der Waals surface area contributed by atoms with E-state index in [4.69, 9.17) is 21.6 Å². The van der Waals surface area contributed by atoms with E-state index < -0.39 is 0 Å². The molecule has 0 bridgehead atoms. The van der Waals surface area contributed by atoms with E-state index >= 15 is 0 Å². The number of nitrogens with zero attached hydrogens (tertiary/aromatic N) is 4. The van der Waals surface area contributed by atoms with Gasteiger partial charge in [0, 0.05) is 12.7 Å². The quantitative estimate of drug-likeness (QED) is 0.850. The fraction of sp³-hybridized carbons (Fsp3) is 0.250. The van der Waals surface area contributed by atoms with Gasteiger partial charge in [0.1, 0.15) is 11.1 Å². The number of halogens is 1. The third kappa shape index (κ3) is 2.60. The van der Waals surface area contributed by atoms with Gasteiger partial charge in [-0.3, -0.25) is 4.68 Å².